The smallest absolute Gasteiger partial charge is 0.0906 e. The molecule has 278 valence electrons. The summed E-state index contributed by atoms with van der Waals surface area (Å²) in [5.74, 6) is 2.23. The van der Waals surface area contributed by atoms with Crippen LogP contribution in [-0.4, -0.2) is 17.5 Å². The van der Waals surface area contributed by atoms with Crippen LogP contribution >= 0.6 is 23.5 Å². The Hall–Kier alpha value is -4.02. The van der Waals surface area contributed by atoms with Crippen molar-refractivity contribution < 1.29 is 0 Å². The van der Waals surface area contributed by atoms with E-state index in [0.717, 1.165) is 24.3 Å². The van der Waals surface area contributed by atoms with Gasteiger partial charge in [0.25, 0.3) is 0 Å². The van der Waals surface area contributed by atoms with E-state index in [0.29, 0.717) is 6.04 Å². The number of hydrogen-bond acceptors (Lipinski definition) is 3. The number of hydrogen-bond donors (Lipinski definition) is 1. The van der Waals surface area contributed by atoms with Gasteiger partial charge in [-0.25, -0.2) is 0 Å². The van der Waals surface area contributed by atoms with Gasteiger partial charge in [-0.3, -0.25) is 0 Å². The highest BCUT2D eigenvalue weighted by atomic mass is 32.2. The summed E-state index contributed by atoms with van der Waals surface area (Å²) in [6.07, 6.45) is 12.2. The van der Waals surface area contributed by atoms with Crippen molar-refractivity contribution in [3.63, 3.8) is 0 Å². The number of benzene rings is 6. The van der Waals surface area contributed by atoms with Crippen LogP contribution in [0.5, 0.6) is 0 Å². The molecular weight excluding hydrogens is 691 g/mol. The minimum atomic E-state index is -0.223. The summed E-state index contributed by atoms with van der Waals surface area (Å²) < 4.78 is -0.445. The molecule has 0 atom stereocenters. The van der Waals surface area contributed by atoms with E-state index < -0.39 is 0 Å². The molecule has 0 radical (unpaired) electrons. The van der Waals surface area contributed by atoms with E-state index >= 15 is 0 Å². The maximum absolute atomic E-state index is 6.65. The van der Waals surface area contributed by atoms with Crippen LogP contribution in [0, 0.1) is 0 Å². The highest BCUT2D eigenvalue weighted by Gasteiger charge is 2.37. The Morgan fingerprint density at radius 3 is 0.778 bits per heavy atom. The highest BCUT2D eigenvalue weighted by molar-refractivity contribution is 8.00. The molecule has 0 saturated heterocycles. The second-order valence-electron chi connectivity index (χ2n) is 14.4. The minimum Gasteiger partial charge on any atom is -0.328 e. The molecule has 0 aliphatic rings. The second-order valence-corrected chi connectivity index (χ2v) is 17.0. The zero-order valence-corrected chi connectivity index (χ0v) is 33.4. The van der Waals surface area contributed by atoms with E-state index in [-0.39, 0.29) is 9.49 Å². The lowest BCUT2D eigenvalue weighted by Crippen LogP contribution is -2.26. The van der Waals surface area contributed by atoms with Crippen molar-refractivity contribution in [1.29, 1.82) is 0 Å². The fraction of sp³-hybridized carbons (Fsp3) is 0.294. The Morgan fingerprint density at radius 1 is 0.315 bits per heavy atom. The van der Waals surface area contributed by atoms with Crippen molar-refractivity contribution >= 4 is 23.5 Å². The van der Waals surface area contributed by atoms with Gasteiger partial charge in [0.1, 0.15) is 0 Å². The van der Waals surface area contributed by atoms with Crippen LogP contribution in [0.25, 0.3) is 0 Å². The predicted octanol–water partition coefficient (Wildman–Crippen LogP) is 13.7. The van der Waals surface area contributed by atoms with Crippen molar-refractivity contribution in [3.8, 4) is 0 Å². The second kappa shape index (κ2) is 21.2. The fourth-order valence-electron chi connectivity index (χ4n) is 7.86. The molecule has 0 aliphatic heterocycles. The number of nitrogens with two attached hydrogens (primary N) is 1. The fourth-order valence-corrected chi connectivity index (χ4v) is 11.0. The van der Waals surface area contributed by atoms with Crippen LogP contribution in [0.1, 0.15) is 97.6 Å². The van der Waals surface area contributed by atoms with Gasteiger partial charge in [-0.05, 0) is 70.6 Å². The third-order valence-electron chi connectivity index (χ3n) is 10.7. The third kappa shape index (κ3) is 10.2. The molecule has 0 fully saturated rings. The third-order valence-corrected chi connectivity index (χ3v) is 13.9. The molecule has 6 aromatic carbocycles. The van der Waals surface area contributed by atoms with E-state index in [1.165, 1.54) is 84.7 Å². The van der Waals surface area contributed by atoms with E-state index in [4.69, 9.17) is 5.73 Å². The molecule has 3 heteroatoms. The van der Waals surface area contributed by atoms with E-state index in [2.05, 4.69) is 206 Å². The van der Waals surface area contributed by atoms with E-state index in [9.17, 15) is 0 Å². The van der Waals surface area contributed by atoms with Crippen molar-refractivity contribution in [1.82, 2.24) is 0 Å². The number of unbranched alkanes of at least 4 members (excludes halogenated alkanes) is 6. The molecule has 0 amide bonds. The largest absolute Gasteiger partial charge is 0.328 e. The van der Waals surface area contributed by atoms with Gasteiger partial charge in [-0.2, -0.15) is 0 Å². The molecular formula is C51H57NS2. The Morgan fingerprint density at radius 2 is 0.537 bits per heavy atom. The first kappa shape index (κ1) is 39.7. The average molecular weight is 748 g/mol. The summed E-state index contributed by atoms with van der Waals surface area (Å²) in [5, 5.41) is 0. The molecule has 0 bridgehead atoms. The molecule has 2 N–H and O–H groups in total. The van der Waals surface area contributed by atoms with Crippen LogP contribution in [-0.2, 0) is 9.49 Å². The zero-order valence-electron chi connectivity index (χ0n) is 31.8. The van der Waals surface area contributed by atoms with Gasteiger partial charge >= 0.3 is 0 Å². The summed E-state index contributed by atoms with van der Waals surface area (Å²) >= 11 is 4.17. The van der Waals surface area contributed by atoms with Crippen LogP contribution < -0.4 is 5.73 Å². The monoisotopic (exact) mass is 747 g/mol. The Labute approximate surface area is 334 Å². The molecule has 6 aromatic rings. The molecule has 0 aromatic heterocycles. The first-order chi connectivity index (χ1) is 26.7. The van der Waals surface area contributed by atoms with E-state index in [1.54, 1.807) is 0 Å². The normalized spacial score (nSPS) is 11.9. The SMILES string of the molecule is NC(CCCCCCSC(c1ccccc1)(c1ccccc1)c1ccccc1)CCCCCCSC(c1ccccc1)(c1ccccc1)c1ccccc1. The average Bonchev–Trinajstić information content (AvgIpc) is 3.25. The van der Waals surface area contributed by atoms with Crippen LogP contribution in [0.4, 0.5) is 0 Å². The van der Waals surface area contributed by atoms with Gasteiger partial charge in [0.15, 0.2) is 0 Å². The van der Waals surface area contributed by atoms with Crippen LogP contribution in [0.15, 0.2) is 182 Å². The quantitative estimate of drug-likeness (QED) is 0.0553. The van der Waals surface area contributed by atoms with Crippen molar-refractivity contribution in [2.45, 2.75) is 79.7 Å². The zero-order chi connectivity index (χ0) is 37.2. The van der Waals surface area contributed by atoms with Gasteiger partial charge < -0.3 is 5.73 Å². The first-order valence-corrected chi connectivity index (χ1v) is 22.1. The molecule has 0 saturated carbocycles. The standard InChI is InChI=1S/C51H57NS2/c52-49(39-23-1-3-25-41-53-50(43-27-11-5-12-28-43,44-29-13-6-14-30-44)45-31-15-7-16-32-45)40-24-2-4-26-42-54-51(46-33-17-8-18-34-46,47-35-19-9-20-36-47)48-37-21-10-22-38-48/h5-22,27-38,49H,1-4,23-26,39-42,52H2. The minimum absolute atomic E-state index is 0.223. The summed E-state index contributed by atoms with van der Waals surface area (Å²) in [6.45, 7) is 0. The van der Waals surface area contributed by atoms with Crippen molar-refractivity contribution in [2.75, 3.05) is 11.5 Å². The van der Waals surface area contributed by atoms with Gasteiger partial charge in [-0.15, -0.1) is 23.5 Å². The van der Waals surface area contributed by atoms with Crippen LogP contribution in [0.2, 0.25) is 0 Å². The molecule has 0 unspecified atom stereocenters. The lowest BCUT2D eigenvalue weighted by molar-refractivity contribution is 0.493. The van der Waals surface area contributed by atoms with Gasteiger partial charge in [0.2, 0.25) is 0 Å². The molecule has 0 heterocycles. The highest BCUT2D eigenvalue weighted by Crippen LogP contribution is 2.50. The summed E-state index contributed by atoms with van der Waals surface area (Å²) in [6, 6.07) is 66.7. The van der Waals surface area contributed by atoms with Gasteiger partial charge in [0, 0.05) is 6.04 Å². The lowest BCUT2D eigenvalue weighted by Gasteiger charge is -2.35. The topological polar surface area (TPSA) is 26.0 Å². The maximum atomic E-state index is 6.65. The Kier molecular flexibility index (Phi) is 15.6. The van der Waals surface area contributed by atoms with Crippen LogP contribution in [0.3, 0.4) is 0 Å². The Balaban J connectivity index is 0.921. The maximum Gasteiger partial charge on any atom is 0.0906 e. The molecule has 1 nitrogen and oxygen atoms in total. The lowest BCUT2D eigenvalue weighted by atomic mass is 9.84. The predicted molar refractivity (Wildman–Crippen MR) is 237 cm³/mol. The van der Waals surface area contributed by atoms with Gasteiger partial charge in [0.05, 0.1) is 9.49 Å². The Bertz CT molecular complexity index is 1530. The number of thioether (sulfide) groups is 2. The molecule has 0 spiro atoms. The van der Waals surface area contributed by atoms with Crippen molar-refractivity contribution in [3.05, 3.63) is 215 Å². The summed E-state index contributed by atoms with van der Waals surface area (Å²) in [5.41, 5.74) is 14.7. The first-order valence-electron chi connectivity index (χ1n) is 20.1. The van der Waals surface area contributed by atoms with Crippen molar-refractivity contribution in [2.24, 2.45) is 5.73 Å². The molecule has 54 heavy (non-hydrogen) atoms. The molecule has 6 rings (SSSR count). The van der Waals surface area contributed by atoms with E-state index in [1.807, 2.05) is 0 Å². The number of rotatable bonds is 22. The van der Waals surface area contributed by atoms with Gasteiger partial charge in [-0.1, -0.05) is 221 Å². The summed E-state index contributed by atoms with van der Waals surface area (Å²) in [7, 11) is 0. The molecule has 0 aliphatic carbocycles. The summed E-state index contributed by atoms with van der Waals surface area (Å²) in [4.78, 5) is 0.